The lowest BCUT2D eigenvalue weighted by Crippen LogP contribution is -2.63. The van der Waals surface area contributed by atoms with Gasteiger partial charge in [0.15, 0.2) is 17.8 Å². The first-order chi connectivity index (χ1) is 17.0. The zero-order chi connectivity index (χ0) is 24.4. The number of carbonyl (C=O) groups is 1. The van der Waals surface area contributed by atoms with Crippen LogP contribution in [0.4, 0.5) is 0 Å². The quantitative estimate of drug-likeness (QED) is 0.543. The van der Waals surface area contributed by atoms with E-state index in [1.165, 1.54) is 0 Å². The maximum Gasteiger partial charge on any atom is 0.338 e. The smallest absolute Gasteiger partial charge is 0.338 e. The molecule has 182 valence electrons. The lowest BCUT2D eigenvalue weighted by Gasteiger charge is -2.47. The average molecular weight is 495 g/mol. The normalized spacial score (nSPS) is 29.1. The molecule has 0 radical (unpaired) electrons. The molecule has 8 heteroatoms. The number of carbonyl (C=O) groups excluding carboxylic acids is 1. The summed E-state index contributed by atoms with van der Waals surface area (Å²) in [5.41, 5.74) is 1.02. The van der Waals surface area contributed by atoms with Crippen molar-refractivity contribution in [2.45, 2.75) is 48.0 Å². The average Bonchev–Trinajstić information content (AvgIpc) is 2.91. The number of aryl methyl sites for hydroxylation is 1. The second-order valence-electron chi connectivity index (χ2n) is 8.56. The molecule has 3 aromatic carbocycles. The SMILES string of the molecule is Cc1ccc(S(=O)[C@@H]2O[C@@H]3COC(c4ccccc4)O[C@@H]3[C@H](O)[C@H]2OC(=O)c2ccccc2)cc1. The Bertz CT molecular complexity index is 1170. The lowest BCUT2D eigenvalue weighted by atomic mass is 9.98. The highest BCUT2D eigenvalue weighted by molar-refractivity contribution is 7.85. The number of aliphatic hydroxyl groups is 1. The fourth-order valence-electron chi connectivity index (χ4n) is 4.22. The van der Waals surface area contributed by atoms with Gasteiger partial charge < -0.3 is 24.1 Å². The van der Waals surface area contributed by atoms with Gasteiger partial charge in [0.25, 0.3) is 0 Å². The molecule has 2 aliphatic heterocycles. The highest BCUT2D eigenvalue weighted by atomic mass is 32.2. The Hall–Kier alpha value is -2.88. The molecule has 2 aliphatic rings. The molecule has 2 heterocycles. The maximum absolute atomic E-state index is 13.5. The van der Waals surface area contributed by atoms with Gasteiger partial charge >= 0.3 is 5.97 Å². The highest BCUT2D eigenvalue weighted by Crippen LogP contribution is 2.37. The Morgan fingerprint density at radius 3 is 2.29 bits per heavy atom. The van der Waals surface area contributed by atoms with Crippen LogP contribution < -0.4 is 0 Å². The van der Waals surface area contributed by atoms with E-state index in [1.807, 2.05) is 49.4 Å². The van der Waals surface area contributed by atoms with Gasteiger partial charge in [-0.25, -0.2) is 4.79 Å². The molecule has 5 rings (SSSR count). The molecular weight excluding hydrogens is 468 g/mol. The van der Waals surface area contributed by atoms with Crippen LogP contribution in [0.2, 0.25) is 0 Å². The van der Waals surface area contributed by atoms with Crippen molar-refractivity contribution in [3.8, 4) is 0 Å². The number of fused-ring (bicyclic) bond motifs is 1. The van der Waals surface area contributed by atoms with Crippen molar-refractivity contribution in [2.75, 3.05) is 6.61 Å². The van der Waals surface area contributed by atoms with Crippen LogP contribution in [0, 0.1) is 6.92 Å². The van der Waals surface area contributed by atoms with Crippen LogP contribution in [0.3, 0.4) is 0 Å². The topological polar surface area (TPSA) is 91.3 Å². The molecule has 0 spiro atoms. The Kier molecular flexibility index (Phi) is 7.08. The second kappa shape index (κ2) is 10.4. The molecule has 0 saturated carbocycles. The molecule has 0 amide bonds. The molecular formula is C27H26O7S. The number of hydrogen-bond acceptors (Lipinski definition) is 7. The van der Waals surface area contributed by atoms with Crippen LogP contribution in [0.5, 0.6) is 0 Å². The number of benzene rings is 3. The minimum Gasteiger partial charge on any atom is -0.452 e. The molecule has 0 aromatic heterocycles. The monoisotopic (exact) mass is 494 g/mol. The zero-order valence-electron chi connectivity index (χ0n) is 19.1. The van der Waals surface area contributed by atoms with E-state index in [9.17, 15) is 14.1 Å². The van der Waals surface area contributed by atoms with Gasteiger partial charge in [0.2, 0.25) is 0 Å². The number of rotatable bonds is 5. The first kappa shape index (κ1) is 23.8. The first-order valence-corrected chi connectivity index (χ1v) is 12.6. The van der Waals surface area contributed by atoms with Gasteiger partial charge in [-0.1, -0.05) is 66.2 Å². The Labute approximate surface area is 206 Å². The third-order valence-corrected chi connectivity index (χ3v) is 7.64. The van der Waals surface area contributed by atoms with Gasteiger partial charge in [-0.2, -0.15) is 0 Å². The van der Waals surface area contributed by atoms with Crippen molar-refractivity contribution in [2.24, 2.45) is 0 Å². The Balaban J connectivity index is 1.43. The number of ether oxygens (including phenoxy) is 4. The van der Waals surface area contributed by atoms with Gasteiger partial charge in [-0.3, -0.25) is 4.21 Å². The lowest BCUT2D eigenvalue weighted by molar-refractivity contribution is -0.318. The van der Waals surface area contributed by atoms with E-state index in [0.29, 0.717) is 10.5 Å². The van der Waals surface area contributed by atoms with Crippen molar-refractivity contribution in [3.05, 3.63) is 102 Å². The van der Waals surface area contributed by atoms with Crippen molar-refractivity contribution in [1.82, 2.24) is 0 Å². The minimum absolute atomic E-state index is 0.127. The van der Waals surface area contributed by atoms with Crippen LogP contribution in [-0.2, 0) is 29.7 Å². The van der Waals surface area contributed by atoms with Gasteiger partial charge in [0.05, 0.1) is 23.0 Å². The fourth-order valence-corrected chi connectivity index (χ4v) is 5.59. The molecule has 2 fully saturated rings. The molecule has 0 aliphatic carbocycles. The van der Waals surface area contributed by atoms with E-state index in [2.05, 4.69) is 0 Å². The Morgan fingerprint density at radius 2 is 1.60 bits per heavy atom. The minimum atomic E-state index is -1.73. The van der Waals surface area contributed by atoms with Gasteiger partial charge in [0, 0.05) is 10.5 Å². The third kappa shape index (κ3) is 5.07. The summed E-state index contributed by atoms with van der Waals surface area (Å²) in [5.74, 6) is -0.644. The van der Waals surface area contributed by atoms with E-state index >= 15 is 0 Å². The molecule has 2 saturated heterocycles. The predicted molar refractivity (Wildman–Crippen MR) is 128 cm³/mol. The van der Waals surface area contributed by atoms with Gasteiger partial charge in [-0.05, 0) is 31.2 Å². The fraction of sp³-hybridized carbons (Fsp3) is 0.296. The number of hydrogen-bond donors (Lipinski definition) is 1. The summed E-state index contributed by atoms with van der Waals surface area (Å²) < 4.78 is 37.4. The van der Waals surface area contributed by atoms with E-state index < -0.39 is 52.9 Å². The van der Waals surface area contributed by atoms with Crippen molar-refractivity contribution < 1.29 is 33.1 Å². The van der Waals surface area contributed by atoms with Gasteiger partial charge in [-0.15, -0.1) is 0 Å². The van der Waals surface area contributed by atoms with E-state index in [1.54, 1.807) is 42.5 Å². The molecule has 7 atom stereocenters. The highest BCUT2D eigenvalue weighted by Gasteiger charge is 2.53. The largest absolute Gasteiger partial charge is 0.452 e. The first-order valence-electron chi connectivity index (χ1n) is 11.4. The Morgan fingerprint density at radius 1 is 0.943 bits per heavy atom. The maximum atomic E-state index is 13.5. The summed E-state index contributed by atoms with van der Waals surface area (Å²) in [6.07, 6.45) is -4.73. The summed E-state index contributed by atoms with van der Waals surface area (Å²) in [6, 6.07) is 25.0. The second-order valence-corrected chi connectivity index (χ2v) is 10.1. The summed E-state index contributed by atoms with van der Waals surface area (Å²) in [7, 11) is -1.73. The van der Waals surface area contributed by atoms with Crippen LogP contribution >= 0.6 is 0 Å². The zero-order valence-corrected chi connectivity index (χ0v) is 19.9. The predicted octanol–water partition coefficient (Wildman–Crippen LogP) is 3.53. The van der Waals surface area contributed by atoms with Crippen LogP contribution in [0.15, 0.2) is 89.8 Å². The molecule has 3 aromatic rings. The summed E-state index contributed by atoms with van der Waals surface area (Å²) in [6.45, 7) is 2.06. The van der Waals surface area contributed by atoms with Crippen molar-refractivity contribution in [1.29, 1.82) is 0 Å². The van der Waals surface area contributed by atoms with E-state index in [0.717, 1.165) is 11.1 Å². The van der Waals surface area contributed by atoms with Gasteiger partial charge in [0.1, 0.15) is 18.3 Å². The molecule has 7 nitrogen and oxygen atoms in total. The van der Waals surface area contributed by atoms with Crippen LogP contribution in [0.1, 0.15) is 27.8 Å². The third-order valence-electron chi connectivity index (χ3n) is 6.10. The molecule has 1 N–H and O–H groups in total. The summed E-state index contributed by atoms with van der Waals surface area (Å²) in [5, 5.41) is 11.4. The van der Waals surface area contributed by atoms with Crippen molar-refractivity contribution >= 4 is 16.8 Å². The van der Waals surface area contributed by atoms with E-state index in [4.69, 9.17) is 18.9 Å². The standard InChI is InChI=1S/C27H26O7S/c1-17-12-14-20(15-13-17)35(30)27-24(33-25(29)18-8-4-2-5-9-18)22(28)23-21(32-27)16-31-26(34-23)19-10-6-3-7-11-19/h2-15,21-24,26-28H,16H2,1H3/t21-,22+,23+,24-,26?,27+,35?/m1/s1. The molecule has 0 bridgehead atoms. The molecule has 35 heavy (non-hydrogen) atoms. The van der Waals surface area contributed by atoms with Crippen LogP contribution in [-0.4, -0.2) is 51.7 Å². The van der Waals surface area contributed by atoms with Crippen LogP contribution in [0.25, 0.3) is 0 Å². The molecule has 2 unspecified atom stereocenters. The number of esters is 1. The van der Waals surface area contributed by atoms with Crippen molar-refractivity contribution in [3.63, 3.8) is 0 Å². The van der Waals surface area contributed by atoms with E-state index in [-0.39, 0.29) is 6.61 Å². The summed E-state index contributed by atoms with van der Waals surface area (Å²) in [4.78, 5) is 13.4. The number of aliphatic hydroxyl groups excluding tert-OH is 1. The summed E-state index contributed by atoms with van der Waals surface area (Å²) >= 11 is 0.